The lowest BCUT2D eigenvalue weighted by molar-refractivity contribution is 0.0526. The molecule has 0 saturated carbocycles. The number of esters is 1. The number of carbonyl (C=O) groups is 1. The number of rotatable bonds is 5. The summed E-state index contributed by atoms with van der Waals surface area (Å²) >= 11 is 3.49. The van der Waals surface area contributed by atoms with Gasteiger partial charge in [-0.2, -0.15) is 0 Å². The van der Waals surface area contributed by atoms with E-state index in [0.717, 1.165) is 48.4 Å². The minimum absolute atomic E-state index is 0.205. The molecule has 0 spiro atoms. The van der Waals surface area contributed by atoms with E-state index in [-0.39, 0.29) is 11.8 Å². The number of hydrogen-bond donors (Lipinski definition) is 0. The summed E-state index contributed by atoms with van der Waals surface area (Å²) in [6, 6.07) is 12.4. The molecule has 1 fully saturated rings. The summed E-state index contributed by atoms with van der Waals surface area (Å²) in [5.74, 6) is -0.493. The average molecular weight is 421 g/mol. The van der Waals surface area contributed by atoms with E-state index in [2.05, 4.69) is 25.7 Å². The van der Waals surface area contributed by atoms with Crippen molar-refractivity contribution in [3.63, 3.8) is 0 Å². The van der Waals surface area contributed by atoms with E-state index in [1.807, 2.05) is 24.3 Å². The zero-order valence-electron chi connectivity index (χ0n) is 14.8. The first-order chi connectivity index (χ1) is 12.6. The van der Waals surface area contributed by atoms with Crippen molar-refractivity contribution in [1.29, 1.82) is 0 Å². The van der Waals surface area contributed by atoms with Crippen molar-refractivity contribution < 1.29 is 13.9 Å². The van der Waals surface area contributed by atoms with Gasteiger partial charge in [-0.05, 0) is 55.0 Å². The third-order valence-electron chi connectivity index (χ3n) is 4.52. The molecule has 3 rings (SSSR count). The highest BCUT2D eigenvalue weighted by Gasteiger charge is 2.18. The molecule has 0 atom stereocenters. The molecule has 0 radical (unpaired) electrons. The molecule has 1 saturated heterocycles. The Morgan fingerprint density at radius 3 is 2.46 bits per heavy atom. The molecule has 1 aliphatic heterocycles. The van der Waals surface area contributed by atoms with E-state index in [1.165, 1.54) is 6.07 Å². The Kier molecular flexibility index (Phi) is 6.27. The van der Waals surface area contributed by atoms with Crippen LogP contribution in [0.2, 0.25) is 0 Å². The van der Waals surface area contributed by atoms with Crippen LogP contribution in [0.5, 0.6) is 0 Å². The lowest BCUT2D eigenvalue weighted by Gasteiger charge is -2.36. The lowest BCUT2D eigenvalue weighted by atomic mass is 10.1. The molecule has 26 heavy (non-hydrogen) atoms. The van der Waals surface area contributed by atoms with Crippen molar-refractivity contribution in [3.05, 3.63) is 63.9 Å². The van der Waals surface area contributed by atoms with E-state index in [1.54, 1.807) is 19.1 Å². The maximum absolute atomic E-state index is 13.4. The SMILES string of the molecule is CCOC(=O)c1ccc(N2CCN(Cc3cc(F)ccc3Br)CC2)cc1. The van der Waals surface area contributed by atoms with Crippen LogP contribution in [0.25, 0.3) is 0 Å². The van der Waals surface area contributed by atoms with Crippen LogP contribution >= 0.6 is 15.9 Å². The predicted octanol–water partition coefficient (Wildman–Crippen LogP) is 4.09. The Balaban J connectivity index is 1.56. The van der Waals surface area contributed by atoms with Gasteiger partial charge in [0.15, 0.2) is 0 Å². The fraction of sp³-hybridized carbons (Fsp3) is 0.350. The normalized spacial score (nSPS) is 15.1. The molecule has 0 aliphatic carbocycles. The van der Waals surface area contributed by atoms with Gasteiger partial charge in [-0.25, -0.2) is 9.18 Å². The third kappa shape index (κ3) is 4.62. The molecule has 0 bridgehead atoms. The highest BCUT2D eigenvalue weighted by Crippen LogP contribution is 2.22. The molecular weight excluding hydrogens is 399 g/mol. The van der Waals surface area contributed by atoms with Crippen molar-refractivity contribution in [3.8, 4) is 0 Å². The van der Waals surface area contributed by atoms with Gasteiger partial charge in [0, 0.05) is 42.9 Å². The molecule has 1 heterocycles. The molecule has 6 heteroatoms. The third-order valence-corrected chi connectivity index (χ3v) is 5.29. The summed E-state index contributed by atoms with van der Waals surface area (Å²) in [5.41, 5.74) is 2.65. The highest BCUT2D eigenvalue weighted by atomic mass is 79.9. The number of benzene rings is 2. The zero-order chi connectivity index (χ0) is 18.5. The summed E-state index contributed by atoms with van der Waals surface area (Å²) in [5, 5.41) is 0. The first-order valence-corrected chi connectivity index (χ1v) is 9.54. The highest BCUT2D eigenvalue weighted by molar-refractivity contribution is 9.10. The van der Waals surface area contributed by atoms with E-state index in [4.69, 9.17) is 4.74 Å². The van der Waals surface area contributed by atoms with E-state index < -0.39 is 0 Å². The minimum atomic E-state index is -0.287. The van der Waals surface area contributed by atoms with Crippen LogP contribution in [0, 0.1) is 5.82 Å². The minimum Gasteiger partial charge on any atom is -0.462 e. The predicted molar refractivity (Wildman–Crippen MR) is 104 cm³/mol. The van der Waals surface area contributed by atoms with Gasteiger partial charge in [-0.1, -0.05) is 15.9 Å². The summed E-state index contributed by atoms with van der Waals surface area (Å²) in [7, 11) is 0. The second kappa shape index (κ2) is 8.64. The van der Waals surface area contributed by atoms with Gasteiger partial charge in [0.2, 0.25) is 0 Å². The second-order valence-electron chi connectivity index (χ2n) is 6.27. The first kappa shape index (κ1) is 18.9. The van der Waals surface area contributed by atoms with Crippen LogP contribution in [0.4, 0.5) is 10.1 Å². The van der Waals surface area contributed by atoms with Crippen LogP contribution < -0.4 is 4.90 Å². The average Bonchev–Trinajstić information content (AvgIpc) is 2.66. The van der Waals surface area contributed by atoms with Crippen LogP contribution in [0.15, 0.2) is 46.9 Å². The van der Waals surface area contributed by atoms with Crippen molar-refractivity contribution >= 4 is 27.6 Å². The topological polar surface area (TPSA) is 32.8 Å². The number of hydrogen-bond acceptors (Lipinski definition) is 4. The van der Waals surface area contributed by atoms with E-state index in [0.29, 0.717) is 12.2 Å². The zero-order valence-corrected chi connectivity index (χ0v) is 16.3. The largest absolute Gasteiger partial charge is 0.462 e. The van der Waals surface area contributed by atoms with E-state index >= 15 is 0 Å². The fourth-order valence-corrected chi connectivity index (χ4v) is 3.46. The molecule has 0 N–H and O–H groups in total. The summed E-state index contributed by atoms with van der Waals surface area (Å²) in [6.45, 7) is 6.51. The second-order valence-corrected chi connectivity index (χ2v) is 7.12. The maximum atomic E-state index is 13.4. The molecule has 2 aromatic rings. The van der Waals surface area contributed by atoms with Gasteiger partial charge in [0.05, 0.1) is 12.2 Å². The molecule has 138 valence electrons. The van der Waals surface area contributed by atoms with Crippen LogP contribution in [-0.2, 0) is 11.3 Å². The Hall–Kier alpha value is -1.92. The van der Waals surface area contributed by atoms with Gasteiger partial charge in [-0.15, -0.1) is 0 Å². The lowest BCUT2D eigenvalue weighted by Crippen LogP contribution is -2.46. The summed E-state index contributed by atoms with van der Waals surface area (Å²) < 4.78 is 19.4. The van der Waals surface area contributed by atoms with Gasteiger partial charge in [0.25, 0.3) is 0 Å². The molecule has 1 aliphatic rings. The molecule has 2 aromatic carbocycles. The number of nitrogens with zero attached hydrogens (tertiary/aromatic N) is 2. The number of anilines is 1. The van der Waals surface area contributed by atoms with Crippen molar-refractivity contribution in [2.75, 3.05) is 37.7 Å². The summed E-state index contributed by atoms with van der Waals surface area (Å²) in [6.07, 6.45) is 0. The number of halogens is 2. The Labute approximate surface area is 161 Å². The number of piperazine rings is 1. The first-order valence-electron chi connectivity index (χ1n) is 8.75. The van der Waals surface area contributed by atoms with Gasteiger partial charge < -0.3 is 9.64 Å². The standard InChI is InChI=1S/C20H22BrFN2O2/c1-2-26-20(25)15-3-6-18(7-4-15)24-11-9-23(10-12-24)14-16-13-17(22)5-8-19(16)21/h3-8,13H,2,9-12,14H2,1H3. The molecular formula is C20H22BrFN2O2. The Morgan fingerprint density at radius 2 is 1.81 bits per heavy atom. The van der Waals surface area contributed by atoms with Crippen LogP contribution in [0.3, 0.4) is 0 Å². The summed E-state index contributed by atoms with van der Waals surface area (Å²) in [4.78, 5) is 16.3. The monoisotopic (exact) mass is 420 g/mol. The Bertz CT molecular complexity index is 759. The molecule has 0 amide bonds. The van der Waals surface area contributed by atoms with Crippen molar-refractivity contribution in [1.82, 2.24) is 4.90 Å². The van der Waals surface area contributed by atoms with E-state index in [9.17, 15) is 9.18 Å². The van der Waals surface area contributed by atoms with Gasteiger partial charge in [-0.3, -0.25) is 4.90 Å². The Morgan fingerprint density at radius 1 is 1.12 bits per heavy atom. The molecule has 0 unspecified atom stereocenters. The van der Waals surface area contributed by atoms with Gasteiger partial charge >= 0.3 is 5.97 Å². The number of carbonyl (C=O) groups excluding carboxylic acids is 1. The fourth-order valence-electron chi connectivity index (χ4n) is 3.09. The van der Waals surface area contributed by atoms with Crippen molar-refractivity contribution in [2.45, 2.75) is 13.5 Å². The smallest absolute Gasteiger partial charge is 0.338 e. The van der Waals surface area contributed by atoms with Crippen LogP contribution in [-0.4, -0.2) is 43.7 Å². The quantitative estimate of drug-likeness (QED) is 0.682. The number of ether oxygens (including phenoxy) is 1. The maximum Gasteiger partial charge on any atom is 0.338 e. The van der Waals surface area contributed by atoms with Crippen molar-refractivity contribution in [2.24, 2.45) is 0 Å². The molecule has 4 nitrogen and oxygen atoms in total. The van der Waals surface area contributed by atoms with Gasteiger partial charge in [0.1, 0.15) is 5.82 Å². The molecule has 0 aromatic heterocycles. The van der Waals surface area contributed by atoms with Crippen LogP contribution in [0.1, 0.15) is 22.8 Å².